The molecule has 1 aliphatic rings. The quantitative estimate of drug-likeness (QED) is 0.331. The fraction of sp³-hybridized carbons (Fsp3) is 0.200. The second kappa shape index (κ2) is 10.0. The van der Waals surface area contributed by atoms with Crippen LogP contribution in [0, 0.1) is 13.8 Å². The molecule has 0 atom stereocenters. The van der Waals surface area contributed by atoms with Crippen molar-refractivity contribution in [2.45, 2.75) is 26.9 Å². The lowest BCUT2D eigenvalue weighted by molar-refractivity contribution is 0.0744. The summed E-state index contributed by atoms with van der Waals surface area (Å²) in [5.74, 6) is -0.121. The van der Waals surface area contributed by atoms with Crippen LogP contribution in [0.25, 0.3) is 11.1 Å². The third-order valence-electron chi connectivity index (χ3n) is 5.75. The molecule has 9 nitrogen and oxygen atoms in total. The lowest BCUT2D eigenvalue weighted by Crippen LogP contribution is -2.26. The molecule has 0 aliphatic carbocycles. The number of fused-ring (bicyclic) bond motifs is 1. The standard InChI is InChI=1S/C25H20Cl2N6O3S/c1-12-4-17(30-22(27)5-12)24(35)33-10-18-20(11-33)37-25(31-18)32-23(34)16-8-28-13(2)6-14(16)15-7-21(26)29-9-19(15)36-3/h4-9H,10-11H2,1-3H3,(H,31,32,34). The van der Waals surface area contributed by atoms with Gasteiger partial charge in [0.05, 0.1) is 42.5 Å². The average Bonchev–Trinajstić information content (AvgIpc) is 3.41. The van der Waals surface area contributed by atoms with E-state index in [4.69, 9.17) is 27.9 Å². The first-order valence-electron chi connectivity index (χ1n) is 11.1. The molecule has 0 aromatic carbocycles. The highest BCUT2D eigenvalue weighted by atomic mass is 35.5. The molecule has 0 saturated heterocycles. The minimum absolute atomic E-state index is 0.221. The molecule has 0 bridgehead atoms. The van der Waals surface area contributed by atoms with Gasteiger partial charge in [-0.3, -0.25) is 19.9 Å². The summed E-state index contributed by atoms with van der Waals surface area (Å²) in [7, 11) is 1.52. The molecule has 4 aromatic rings. The number of carbonyl (C=O) groups excluding carboxylic acids is 2. The largest absolute Gasteiger partial charge is 0.494 e. The molecular weight excluding hydrogens is 535 g/mol. The van der Waals surface area contributed by atoms with Crippen molar-refractivity contribution in [3.05, 3.63) is 80.1 Å². The van der Waals surface area contributed by atoms with Crippen LogP contribution in [0.5, 0.6) is 5.75 Å². The summed E-state index contributed by atoms with van der Waals surface area (Å²) in [6, 6.07) is 6.84. The predicted octanol–water partition coefficient (Wildman–Crippen LogP) is 5.34. The number of nitrogens with one attached hydrogen (secondary N) is 1. The van der Waals surface area contributed by atoms with E-state index < -0.39 is 0 Å². The van der Waals surface area contributed by atoms with Crippen molar-refractivity contribution in [3.8, 4) is 16.9 Å². The van der Waals surface area contributed by atoms with Gasteiger partial charge in [0.25, 0.3) is 11.8 Å². The van der Waals surface area contributed by atoms with Crippen LogP contribution < -0.4 is 10.1 Å². The van der Waals surface area contributed by atoms with Gasteiger partial charge < -0.3 is 9.64 Å². The fourth-order valence-corrected chi connectivity index (χ4v) is 5.45. The number of nitrogens with zero attached hydrogens (tertiary/aromatic N) is 5. The molecule has 0 saturated carbocycles. The van der Waals surface area contributed by atoms with Crippen LogP contribution in [-0.4, -0.2) is 43.8 Å². The van der Waals surface area contributed by atoms with Gasteiger partial charge in [0, 0.05) is 23.0 Å². The highest BCUT2D eigenvalue weighted by molar-refractivity contribution is 7.16. The van der Waals surface area contributed by atoms with Gasteiger partial charge in [-0.15, -0.1) is 0 Å². The lowest BCUT2D eigenvalue weighted by Gasteiger charge is -2.15. The van der Waals surface area contributed by atoms with E-state index in [1.807, 2.05) is 13.8 Å². The minimum Gasteiger partial charge on any atom is -0.494 e. The molecular formula is C25H20Cl2N6O3S. The fourth-order valence-electron chi connectivity index (χ4n) is 4.05. The predicted molar refractivity (Wildman–Crippen MR) is 141 cm³/mol. The summed E-state index contributed by atoms with van der Waals surface area (Å²) in [4.78, 5) is 45.8. The summed E-state index contributed by atoms with van der Waals surface area (Å²) in [6.45, 7) is 4.38. The molecule has 1 N–H and O–H groups in total. The van der Waals surface area contributed by atoms with Gasteiger partial charge in [-0.25, -0.2) is 15.0 Å². The zero-order valence-electron chi connectivity index (χ0n) is 20.0. The smallest absolute Gasteiger partial charge is 0.273 e. The third-order valence-corrected chi connectivity index (χ3v) is 7.15. The molecule has 5 heterocycles. The second-order valence-corrected chi connectivity index (χ2v) is 10.3. The number of anilines is 1. The Balaban J connectivity index is 1.36. The Bertz CT molecular complexity index is 1510. The van der Waals surface area contributed by atoms with Crippen molar-refractivity contribution in [1.29, 1.82) is 0 Å². The van der Waals surface area contributed by atoms with Crippen LogP contribution >= 0.6 is 34.5 Å². The van der Waals surface area contributed by atoms with Crippen molar-refractivity contribution in [1.82, 2.24) is 24.8 Å². The monoisotopic (exact) mass is 554 g/mol. The van der Waals surface area contributed by atoms with Crippen molar-refractivity contribution >= 4 is 51.5 Å². The number of rotatable bonds is 5. The van der Waals surface area contributed by atoms with E-state index in [9.17, 15) is 9.59 Å². The summed E-state index contributed by atoms with van der Waals surface area (Å²) < 4.78 is 5.44. The molecule has 0 radical (unpaired) electrons. The molecule has 2 amide bonds. The Hall–Kier alpha value is -3.60. The van der Waals surface area contributed by atoms with Gasteiger partial charge in [0.15, 0.2) is 5.13 Å². The number of carbonyl (C=O) groups is 2. The molecule has 0 fully saturated rings. The van der Waals surface area contributed by atoms with Gasteiger partial charge in [-0.1, -0.05) is 34.5 Å². The van der Waals surface area contributed by atoms with Crippen molar-refractivity contribution in [2.75, 3.05) is 12.4 Å². The summed E-state index contributed by atoms with van der Waals surface area (Å²) in [6.07, 6.45) is 3.02. The number of amides is 2. The van der Waals surface area contributed by atoms with Crippen LogP contribution in [-0.2, 0) is 13.1 Å². The number of hydrogen-bond acceptors (Lipinski definition) is 8. The maximum Gasteiger partial charge on any atom is 0.273 e. The lowest BCUT2D eigenvalue weighted by atomic mass is 10.0. The molecule has 4 aromatic heterocycles. The number of hydrogen-bond donors (Lipinski definition) is 1. The second-order valence-electron chi connectivity index (χ2n) is 8.44. The first-order chi connectivity index (χ1) is 17.7. The Labute approximate surface area is 226 Å². The topological polar surface area (TPSA) is 110 Å². The van der Waals surface area contributed by atoms with E-state index >= 15 is 0 Å². The van der Waals surface area contributed by atoms with Crippen LogP contribution in [0.2, 0.25) is 10.3 Å². The van der Waals surface area contributed by atoms with Gasteiger partial charge in [0.2, 0.25) is 0 Å². The molecule has 0 spiro atoms. The normalized spacial score (nSPS) is 12.4. The molecule has 37 heavy (non-hydrogen) atoms. The van der Waals surface area contributed by atoms with Crippen molar-refractivity contribution in [2.24, 2.45) is 0 Å². The zero-order valence-corrected chi connectivity index (χ0v) is 22.3. The van der Waals surface area contributed by atoms with Crippen molar-refractivity contribution < 1.29 is 14.3 Å². The number of aromatic nitrogens is 4. The first kappa shape index (κ1) is 25.1. The Morgan fingerprint density at radius 1 is 1.00 bits per heavy atom. The van der Waals surface area contributed by atoms with Gasteiger partial charge in [0.1, 0.15) is 21.7 Å². The number of ether oxygens (including phenoxy) is 1. The number of aryl methyl sites for hydroxylation is 2. The number of thiazole rings is 1. The van der Waals surface area contributed by atoms with E-state index in [2.05, 4.69) is 25.3 Å². The van der Waals surface area contributed by atoms with Crippen molar-refractivity contribution in [3.63, 3.8) is 0 Å². The van der Waals surface area contributed by atoms with E-state index in [0.717, 1.165) is 21.8 Å². The summed E-state index contributed by atoms with van der Waals surface area (Å²) in [5, 5.41) is 3.85. The molecule has 188 valence electrons. The van der Waals surface area contributed by atoms with Gasteiger partial charge in [-0.2, -0.15) is 0 Å². The molecule has 0 unspecified atom stereocenters. The highest BCUT2D eigenvalue weighted by Gasteiger charge is 2.29. The van der Waals surface area contributed by atoms with Crippen LogP contribution in [0.3, 0.4) is 0 Å². The number of methoxy groups -OCH3 is 1. The Kier molecular flexibility index (Phi) is 6.80. The molecule has 5 rings (SSSR count). The maximum atomic E-state index is 13.3. The van der Waals surface area contributed by atoms with E-state index in [0.29, 0.717) is 46.4 Å². The SMILES string of the molecule is COc1cnc(Cl)cc1-c1cc(C)ncc1C(=O)Nc1nc2c(s1)CN(C(=O)c1cc(C)cc(Cl)n1)C2. The molecule has 12 heteroatoms. The zero-order chi connectivity index (χ0) is 26.3. The summed E-state index contributed by atoms with van der Waals surface area (Å²) in [5.41, 5.74) is 4.17. The van der Waals surface area contributed by atoms with Gasteiger partial charge >= 0.3 is 0 Å². The van der Waals surface area contributed by atoms with Crippen LogP contribution in [0.4, 0.5) is 5.13 Å². The third kappa shape index (κ3) is 5.13. The number of halogens is 2. The Morgan fingerprint density at radius 2 is 1.81 bits per heavy atom. The first-order valence-corrected chi connectivity index (χ1v) is 12.7. The van der Waals surface area contributed by atoms with Crippen LogP contribution in [0.1, 0.15) is 42.7 Å². The number of pyridine rings is 3. The Morgan fingerprint density at radius 3 is 2.54 bits per heavy atom. The van der Waals surface area contributed by atoms with E-state index in [1.54, 1.807) is 29.2 Å². The maximum absolute atomic E-state index is 13.3. The van der Waals surface area contributed by atoms with E-state index in [-0.39, 0.29) is 22.1 Å². The van der Waals surface area contributed by atoms with Crippen LogP contribution in [0.15, 0.2) is 36.7 Å². The average molecular weight is 555 g/mol. The highest BCUT2D eigenvalue weighted by Crippen LogP contribution is 2.35. The molecule has 1 aliphatic heterocycles. The minimum atomic E-state index is -0.378. The van der Waals surface area contributed by atoms with E-state index in [1.165, 1.54) is 30.8 Å². The van der Waals surface area contributed by atoms with Gasteiger partial charge in [-0.05, 0) is 43.7 Å². The summed E-state index contributed by atoms with van der Waals surface area (Å²) >= 11 is 13.5.